The summed E-state index contributed by atoms with van der Waals surface area (Å²) in [4.78, 5) is 18.1. The van der Waals surface area contributed by atoms with Crippen LogP contribution in [0.1, 0.15) is 27.9 Å². The van der Waals surface area contributed by atoms with E-state index in [1.54, 1.807) is 7.05 Å². The zero-order valence-electron chi connectivity index (χ0n) is 19.4. The minimum Gasteiger partial charge on any atom is -0.489 e. The van der Waals surface area contributed by atoms with Crippen molar-refractivity contribution in [2.75, 3.05) is 26.0 Å². The van der Waals surface area contributed by atoms with Gasteiger partial charge >= 0.3 is 0 Å². The molecule has 0 unspecified atom stereocenters. The zero-order valence-corrected chi connectivity index (χ0v) is 19.4. The van der Waals surface area contributed by atoms with Crippen molar-refractivity contribution < 1.29 is 9.53 Å². The Balaban J connectivity index is 1.34. The molecule has 6 heteroatoms. The number of ether oxygens (including phenoxy) is 1. The molecule has 0 saturated heterocycles. The van der Waals surface area contributed by atoms with Gasteiger partial charge in [0.25, 0.3) is 5.91 Å². The monoisotopic (exact) mass is 442 g/mol. The van der Waals surface area contributed by atoms with E-state index in [2.05, 4.69) is 45.2 Å². The summed E-state index contributed by atoms with van der Waals surface area (Å²) in [6.45, 7) is 1.41. The third-order valence-corrected chi connectivity index (χ3v) is 5.68. The van der Waals surface area contributed by atoms with Crippen molar-refractivity contribution in [3.8, 4) is 5.75 Å². The van der Waals surface area contributed by atoms with Crippen molar-refractivity contribution >= 4 is 22.6 Å². The molecule has 6 nitrogen and oxygen atoms in total. The molecule has 1 N–H and O–H groups in total. The van der Waals surface area contributed by atoms with Gasteiger partial charge in [-0.3, -0.25) is 4.79 Å². The summed E-state index contributed by atoms with van der Waals surface area (Å²) in [6, 6.07) is 20.3. The van der Waals surface area contributed by atoms with Crippen LogP contribution in [0.25, 0.3) is 10.8 Å². The fraction of sp³-hybridized carbons (Fsp3) is 0.259. The van der Waals surface area contributed by atoms with Crippen molar-refractivity contribution in [1.29, 1.82) is 0 Å². The number of benzene rings is 3. The second kappa shape index (κ2) is 10.2. The Labute approximate surface area is 194 Å². The molecule has 4 rings (SSSR count). The maximum absolute atomic E-state index is 11.7. The summed E-state index contributed by atoms with van der Waals surface area (Å²) in [5, 5.41) is 5.00. The number of carbonyl (C=O) groups is 1. The fourth-order valence-electron chi connectivity index (χ4n) is 3.90. The van der Waals surface area contributed by atoms with Crippen LogP contribution >= 0.6 is 0 Å². The van der Waals surface area contributed by atoms with Crippen LogP contribution in [0, 0.1) is 0 Å². The molecule has 0 saturated carbocycles. The van der Waals surface area contributed by atoms with Crippen LogP contribution in [0.3, 0.4) is 0 Å². The average Bonchev–Trinajstić information content (AvgIpc) is 3.31. The quantitative estimate of drug-likeness (QED) is 0.409. The summed E-state index contributed by atoms with van der Waals surface area (Å²) < 4.78 is 8.17. The summed E-state index contributed by atoms with van der Waals surface area (Å²) >= 11 is 0. The molecular formula is C27H30N4O2. The molecule has 0 aliphatic rings. The van der Waals surface area contributed by atoms with Gasteiger partial charge in [0.2, 0.25) is 5.95 Å². The first-order valence-corrected chi connectivity index (χ1v) is 11.2. The SMILES string of the molecule is CNC(=O)c1ccc(COc2ccc3cc(CCCn4ccnc4N(C)C)ccc3c2)cc1. The molecule has 4 aromatic rings. The van der Waals surface area contributed by atoms with Crippen molar-refractivity contribution in [3.63, 3.8) is 0 Å². The minimum absolute atomic E-state index is 0.0867. The van der Waals surface area contributed by atoms with Crippen molar-refractivity contribution in [3.05, 3.63) is 89.7 Å². The molecule has 0 atom stereocenters. The predicted molar refractivity (Wildman–Crippen MR) is 133 cm³/mol. The normalized spacial score (nSPS) is 10.9. The maximum Gasteiger partial charge on any atom is 0.251 e. The van der Waals surface area contributed by atoms with E-state index in [1.807, 2.05) is 61.7 Å². The van der Waals surface area contributed by atoms with Crippen LogP contribution in [-0.4, -0.2) is 36.6 Å². The number of aromatic nitrogens is 2. The van der Waals surface area contributed by atoms with Gasteiger partial charge in [-0.25, -0.2) is 4.98 Å². The standard InChI is InChI=1S/C27H30N4O2/c1-28-26(32)22-9-7-21(8-10-22)19-33-25-13-12-23-17-20(6-11-24(23)18-25)5-4-15-31-16-14-29-27(31)30(2)3/h6-14,16-18H,4-5,15,19H2,1-3H3,(H,28,32). The lowest BCUT2D eigenvalue weighted by atomic mass is 10.0. The molecule has 0 bridgehead atoms. The molecule has 0 aliphatic heterocycles. The van der Waals surface area contributed by atoms with E-state index < -0.39 is 0 Å². The van der Waals surface area contributed by atoms with Gasteiger partial charge in [0.1, 0.15) is 12.4 Å². The summed E-state index contributed by atoms with van der Waals surface area (Å²) in [5.41, 5.74) is 3.00. The van der Waals surface area contributed by atoms with Gasteiger partial charge in [-0.05, 0) is 59.0 Å². The minimum atomic E-state index is -0.0867. The van der Waals surface area contributed by atoms with E-state index in [0.29, 0.717) is 12.2 Å². The van der Waals surface area contributed by atoms with Crippen LogP contribution in [0.15, 0.2) is 73.1 Å². The maximum atomic E-state index is 11.7. The van der Waals surface area contributed by atoms with Crippen LogP contribution in [-0.2, 0) is 19.6 Å². The summed E-state index contributed by atoms with van der Waals surface area (Å²) in [5.74, 6) is 1.74. The topological polar surface area (TPSA) is 59.4 Å². The molecule has 0 aliphatic carbocycles. The van der Waals surface area contributed by atoms with Crippen molar-refractivity contribution in [1.82, 2.24) is 14.9 Å². The van der Waals surface area contributed by atoms with Crippen LogP contribution in [0.5, 0.6) is 5.75 Å². The lowest BCUT2D eigenvalue weighted by Crippen LogP contribution is -2.17. The molecular weight excluding hydrogens is 412 g/mol. The molecule has 0 fully saturated rings. The third-order valence-electron chi connectivity index (χ3n) is 5.68. The number of aryl methyl sites for hydroxylation is 2. The third kappa shape index (κ3) is 5.52. The number of nitrogens with zero attached hydrogens (tertiary/aromatic N) is 3. The van der Waals surface area contributed by atoms with E-state index in [4.69, 9.17) is 4.74 Å². The number of fused-ring (bicyclic) bond motifs is 1. The van der Waals surface area contributed by atoms with E-state index in [1.165, 1.54) is 10.9 Å². The van der Waals surface area contributed by atoms with E-state index in [-0.39, 0.29) is 5.91 Å². The predicted octanol–water partition coefficient (Wildman–Crippen LogP) is 4.67. The number of amides is 1. The lowest BCUT2D eigenvalue weighted by Gasteiger charge is -2.14. The fourth-order valence-corrected chi connectivity index (χ4v) is 3.90. The molecule has 1 aromatic heterocycles. The number of anilines is 1. The number of rotatable bonds is 9. The molecule has 33 heavy (non-hydrogen) atoms. The molecule has 1 amide bonds. The van der Waals surface area contributed by atoms with Crippen LogP contribution in [0.4, 0.5) is 5.95 Å². The molecule has 3 aromatic carbocycles. The highest BCUT2D eigenvalue weighted by Gasteiger charge is 2.06. The highest BCUT2D eigenvalue weighted by atomic mass is 16.5. The van der Waals surface area contributed by atoms with Gasteiger partial charge in [0.05, 0.1) is 0 Å². The van der Waals surface area contributed by atoms with Gasteiger partial charge in [-0.1, -0.05) is 36.4 Å². The second-order valence-corrected chi connectivity index (χ2v) is 8.33. The Morgan fingerprint density at radius 1 is 1.00 bits per heavy atom. The number of carbonyl (C=O) groups excluding carboxylic acids is 1. The Hall–Kier alpha value is -3.80. The highest BCUT2D eigenvalue weighted by molar-refractivity contribution is 5.93. The second-order valence-electron chi connectivity index (χ2n) is 8.33. The van der Waals surface area contributed by atoms with Gasteiger partial charge in [0.15, 0.2) is 0 Å². The Kier molecular flexibility index (Phi) is 6.93. The van der Waals surface area contributed by atoms with Crippen LogP contribution < -0.4 is 15.0 Å². The van der Waals surface area contributed by atoms with Crippen molar-refractivity contribution in [2.24, 2.45) is 0 Å². The zero-order chi connectivity index (χ0) is 23.2. The lowest BCUT2D eigenvalue weighted by molar-refractivity contribution is 0.0963. The average molecular weight is 443 g/mol. The Morgan fingerprint density at radius 2 is 1.73 bits per heavy atom. The first kappa shape index (κ1) is 22.4. The number of imidazole rings is 1. The van der Waals surface area contributed by atoms with E-state index in [0.717, 1.165) is 42.0 Å². The van der Waals surface area contributed by atoms with Gasteiger partial charge in [-0.2, -0.15) is 0 Å². The number of hydrogen-bond donors (Lipinski definition) is 1. The number of hydrogen-bond acceptors (Lipinski definition) is 4. The van der Waals surface area contributed by atoms with E-state index >= 15 is 0 Å². The molecule has 170 valence electrons. The van der Waals surface area contributed by atoms with E-state index in [9.17, 15) is 4.79 Å². The largest absolute Gasteiger partial charge is 0.489 e. The van der Waals surface area contributed by atoms with Gasteiger partial charge < -0.3 is 19.5 Å². The summed E-state index contributed by atoms with van der Waals surface area (Å²) in [7, 11) is 5.66. The molecule has 0 radical (unpaired) electrons. The smallest absolute Gasteiger partial charge is 0.251 e. The van der Waals surface area contributed by atoms with Crippen LogP contribution in [0.2, 0.25) is 0 Å². The number of nitrogens with one attached hydrogen (secondary N) is 1. The molecule has 0 spiro atoms. The van der Waals surface area contributed by atoms with Gasteiger partial charge in [0, 0.05) is 45.6 Å². The Morgan fingerprint density at radius 3 is 2.48 bits per heavy atom. The highest BCUT2D eigenvalue weighted by Crippen LogP contribution is 2.24. The summed E-state index contributed by atoms with van der Waals surface area (Å²) in [6.07, 6.45) is 5.96. The van der Waals surface area contributed by atoms with Crippen molar-refractivity contribution in [2.45, 2.75) is 26.0 Å². The first-order valence-electron chi connectivity index (χ1n) is 11.2. The van der Waals surface area contributed by atoms with Gasteiger partial charge in [-0.15, -0.1) is 0 Å². The molecule has 1 heterocycles. The first-order chi connectivity index (χ1) is 16.0. The Bertz CT molecular complexity index is 1230.